The maximum Gasteiger partial charge on any atom is 0.336 e. The number of benzene rings is 2. The Morgan fingerprint density at radius 1 is 1.06 bits per heavy atom. The average Bonchev–Trinajstić information content (AvgIpc) is 2.81. The maximum atomic E-state index is 13.1. The van der Waals surface area contributed by atoms with Crippen LogP contribution in [0.5, 0.6) is 5.75 Å². The van der Waals surface area contributed by atoms with E-state index in [0.717, 1.165) is 42.9 Å². The molecule has 2 aromatic carbocycles. The standard InChI is InChI=1S/C25H28FN3O4/c1-3-32-21-8-9-23-22(15-21)18(14-25(31)33-23)16-28-10-12-29(13-11-28)17-24(30)27(2)20-6-4-19(26)5-7-20/h4-9,14-15H,3,10-13,16-17H2,1-2H3. The quantitative estimate of drug-likeness (QED) is 0.512. The summed E-state index contributed by atoms with van der Waals surface area (Å²) in [6, 6.07) is 12.9. The number of carbonyl (C=O) groups excluding carboxylic acids is 1. The van der Waals surface area contributed by atoms with Gasteiger partial charge in [-0.15, -0.1) is 0 Å². The molecule has 0 N–H and O–H groups in total. The van der Waals surface area contributed by atoms with Gasteiger partial charge in [0.1, 0.15) is 17.1 Å². The summed E-state index contributed by atoms with van der Waals surface area (Å²) >= 11 is 0. The Morgan fingerprint density at radius 2 is 1.76 bits per heavy atom. The molecule has 4 rings (SSSR count). The maximum absolute atomic E-state index is 13.1. The minimum atomic E-state index is -0.366. The Balaban J connectivity index is 1.37. The highest BCUT2D eigenvalue weighted by Gasteiger charge is 2.22. The highest BCUT2D eigenvalue weighted by Crippen LogP contribution is 2.24. The predicted molar refractivity (Wildman–Crippen MR) is 125 cm³/mol. The zero-order valence-electron chi connectivity index (χ0n) is 18.9. The molecule has 1 fully saturated rings. The van der Waals surface area contributed by atoms with Crippen molar-refractivity contribution in [2.45, 2.75) is 13.5 Å². The second kappa shape index (κ2) is 10.1. The Kier molecular flexibility index (Phi) is 7.05. The van der Waals surface area contributed by atoms with E-state index in [2.05, 4.69) is 9.80 Å². The van der Waals surface area contributed by atoms with Crippen LogP contribution in [0, 0.1) is 5.82 Å². The van der Waals surface area contributed by atoms with Gasteiger partial charge in [-0.25, -0.2) is 9.18 Å². The van der Waals surface area contributed by atoms with Crippen LogP contribution in [-0.2, 0) is 11.3 Å². The Bertz CT molecular complexity index is 1170. The van der Waals surface area contributed by atoms with Crippen molar-refractivity contribution in [3.8, 4) is 5.75 Å². The highest BCUT2D eigenvalue weighted by molar-refractivity contribution is 5.94. The van der Waals surface area contributed by atoms with Gasteiger partial charge in [0.05, 0.1) is 13.2 Å². The summed E-state index contributed by atoms with van der Waals surface area (Å²) in [4.78, 5) is 30.6. The summed E-state index contributed by atoms with van der Waals surface area (Å²) in [5, 5.41) is 0.874. The molecule has 1 aliphatic heterocycles. The number of likely N-dealkylation sites (N-methyl/N-ethyl adjacent to an activating group) is 1. The number of carbonyl (C=O) groups is 1. The fourth-order valence-corrected chi connectivity index (χ4v) is 4.05. The van der Waals surface area contributed by atoms with Gasteiger partial charge in [-0.1, -0.05) is 0 Å². The van der Waals surface area contributed by atoms with Crippen molar-refractivity contribution in [1.29, 1.82) is 0 Å². The second-order valence-corrected chi connectivity index (χ2v) is 8.16. The lowest BCUT2D eigenvalue weighted by atomic mass is 10.1. The number of fused-ring (bicyclic) bond motifs is 1. The Labute approximate surface area is 192 Å². The zero-order valence-corrected chi connectivity index (χ0v) is 18.9. The van der Waals surface area contributed by atoms with E-state index in [-0.39, 0.29) is 17.3 Å². The van der Waals surface area contributed by atoms with Gasteiger partial charge in [-0.05, 0) is 55.0 Å². The molecule has 0 aliphatic carbocycles. The number of hydrogen-bond acceptors (Lipinski definition) is 6. The fraction of sp³-hybridized carbons (Fsp3) is 0.360. The third-order valence-corrected chi connectivity index (χ3v) is 5.92. The van der Waals surface area contributed by atoms with E-state index in [1.165, 1.54) is 12.1 Å². The van der Waals surface area contributed by atoms with Crippen LogP contribution < -0.4 is 15.3 Å². The average molecular weight is 454 g/mol. The minimum absolute atomic E-state index is 0.0369. The van der Waals surface area contributed by atoms with Gasteiger partial charge >= 0.3 is 5.63 Å². The first kappa shape index (κ1) is 22.9. The molecule has 3 aromatic rings. The number of hydrogen-bond donors (Lipinski definition) is 0. The Hall–Kier alpha value is -3.23. The molecule has 174 valence electrons. The molecular weight excluding hydrogens is 425 g/mol. The number of amides is 1. The highest BCUT2D eigenvalue weighted by atomic mass is 19.1. The van der Waals surface area contributed by atoms with Gasteiger partial charge in [0, 0.05) is 56.9 Å². The molecule has 1 aliphatic rings. The van der Waals surface area contributed by atoms with Crippen molar-refractivity contribution in [3.05, 3.63) is 70.3 Å². The molecule has 0 bridgehead atoms. The van der Waals surface area contributed by atoms with E-state index in [4.69, 9.17) is 9.15 Å². The van der Waals surface area contributed by atoms with Crippen molar-refractivity contribution >= 4 is 22.6 Å². The number of ether oxygens (including phenoxy) is 1. The molecule has 0 spiro atoms. The number of anilines is 1. The van der Waals surface area contributed by atoms with E-state index in [0.29, 0.717) is 31.0 Å². The van der Waals surface area contributed by atoms with E-state index in [9.17, 15) is 14.0 Å². The monoisotopic (exact) mass is 453 g/mol. The van der Waals surface area contributed by atoms with Gasteiger partial charge in [0.15, 0.2) is 0 Å². The molecular formula is C25H28FN3O4. The van der Waals surface area contributed by atoms with Crippen LogP contribution in [0.4, 0.5) is 10.1 Å². The summed E-state index contributed by atoms with van der Waals surface area (Å²) < 4.78 is 24.1. The molecule has 1 saturated heterocycles. The summed E-state index contributed by atoms with van der Waals surface area (Å²) in [7, 11) is 1.70. The molecule has 0 atom stereocenters. The molecule has 1 aromatic heterocycles. The third kappa shape index (κ3) is 5.58. The van der Waals surface area contributed by atoms with Crippen LogP contribution in [0.1, 0.15) is 12.5 Å². The largest absolute Gasteiger partial charge is 0.494 e. The number of nitrogens with zero attached hydrogens (tertiary/aromatic N) is 3. The lowest BCUT2D eigenvalue weighted by molar-refractivity contribution is -0.119. The lowest BCUT2D eigenvalue weighted by Crippen LogP contribution is -2.49. The van der Waals surface area contributed by atoms with Crippen molar-refractivity contribution < 1.29 is 18.3 Å². The zero-order chi connectivity index (χ0) is 23.4. The third-order valence-electron chi connectivity index (χ3n) is 5.92. The van der Waals surface area contributed by atoms with Crippen molar-refractivity contribution in [1.82, 2.24) is 9.80 Å². The van der Waals surface area contributed by atoms with Crippen molar-refractivity contribution in [2.24, 2.45) is 0 Å². The summed E-state index contributed by atoms with van der Waals surface area (Å²) in [5.74, 6) is 0.382. The van der Waals surface area contributed by atoms with Crippen LogP contribution >= 0.6 is 0 Å². The summed E-state index contributed by atoms with van der Waals surface area (Å²) in [6.07, 6.45) is 0. The molecule has 2 heterocycles. The molecule has 7 nitrogen and oxygen atoms in total. The summed E-state index contributed by atoms with van der Waals surface area (Å²) in [5.41, 5.74) is 1.76. The van der Waals surface area contributed by atoms with E-state index in [1.807, 2.05) is 13.0 Å². The Morgan fingerprint density at radius 3 is 2.45 bits per heavy atom. The predicted octanol–water partition coefficient (Wildman–Crippen LogP) is 3.11. The first-order chi connectivity index (χ1) is 15.9. The molecule has 0 saturated carbocycles. The fourth-order valence-electron chi connectivity index (χ4n) is 4.05. The molecule has 33 heavy (non-hydrogen) atoms. The van der Waals surface area contributed by atoms with Gasteiger partial charge < -0.3 is 14.1 Å². The summed E-state index contributed by atoms with van der Waals surface area (Å²) in [6.45, 7) is 6.46. The van der Waals surface area contributed by atoms with Gasteiger partial charge in [0.25, 0.3) is 0 Å². The number of halogens is 1. The molecule has 1 amide bonds. The normalized spacial score (nSPS) is 15.0. The van der Waals surface area contributed by atoms with Crippen LogP contribution in [0.3, 0.4) is 0 Å². The lowest BCUT2D eigenvalue weighted by Gasteiger charge is -2.35. The van der Waals surface area contributed by atoms with Crippen molar-refractivity contribution in [3.63, 3.8) is 0 Å². The molecule has 0 radical (unpaired) electrons. The van der Waals surface area contributed by atoms with E-state index in [1.54, 1.807) is 42.3 Å². The number of rotatable bonds is 7. The van der Waals surface area contributed by atoms with Gasteiger partial charge in [-0.3, -0.25) is 14.6 Å². The first-order valence-electron chi connectivity index (χ1n) is 11.1. The van der Waals surface area contributed by atoms with Crippen LogP contribution in [0.25, 0.3) is 11.0 Å². The first-order valence-corrected chi connectivity index (χ1v) is 11.1. The van der Waals surface area contributed by atoms with Crippen LogP contribution in [-0.4, -0.2) is 62.1 Å². The molecule has 8 heteroatoms. The number of piperazine rings is 1. The van der Waals surface area contributed by atoms with Crippen LogP contribution in [0.2, 0.25) is 0 Å². The van der Waals surface area contributed by atoms with E-state index >= 15 is 0 Å². The van der Waals surface area contributed by atoms with Crippen molar-refractivity contribution in [2.75, 3.05) is 51.3 Å². The van der Waals surface area contributed by atoms with E-state index < -0.39 is 0 Å². The smallest absolute Gasteiger partial charge is 0.336 e. The second-order valence-electron chi connectivity index (χ2n) is 8.16. The minimum Gasteiger partial charge on any atom is -0.494 e. The van der Waals surface area contributed by atoms with Gasteiger partial charge in [-0.2, -0.15) is 0 Å². The topological polar surface area (TPSA) is 66.2 Å². The SMILES string of the molecule is CCOc1ccc2oc(=O)cc(CN3CCN(CC(=O)N(C)c4ccc(F)cc4)CC3)c2c1. The van der Waals surface area contributed by atoms with Crippen LogP contribution in [0.15, 0.2) is 57.7 Å². The molecule has 0 unspecified atom stereocenters. The van der Waals surface area contributed by atoms with Gasteiger partial charge in [0.2, 0.25) is 5.91 Å².